The van der Waals surface area contributed by atoms with E-state index < -0.39 is 0 Å². The fourth-order valence-corrected chi connectivity index (χ4v) is 1.81. The van der Waals surface area contributed by atoms with Crippen LogP contribution in [0.15, 0.2) is 27.7 Å². The molecule has 2 heterocycles. The van der Waals surface area contributed by atoms with Crippen molar-refractivity contribution >= 4 is 17.6 Å². The summed E-state index contributed by atoms with van der Waals surface area (Å²) in [5, 5.41) is 0. The van der Waals surface area contributed by atoms with E-state index in [0.717, 1.165) is 11.4 Å². The van der Waals surface area contributed by atoms with E-state index in [4.69, 9.17) is 5.73 Å². The highest BCUT2D eigenvalue weighted by atomic mass is 32.2. The summed E-state index contributed by atoms with van der Waals surface area (Å²) in [6, 6.07) is 0. The van der Waals surface area contributed by atoms with Gasteiger partial charge in [0.25, 0.3) is 0 Å². The Hall–Kier alpha value is -0.700. The average molecular weight is 138 g/mol. The molecule has 3 heteroatoms. The summed E-state index contributed by atoms with van der Waals surface area (Å²) >= 11 is 1.79. The molecule has 0 atom stereocenters. The first-order valence-corrected chi connectivity index (χ1v) is 3.74. The Morgan fingerprint density at radius 2 is 2.56 bits per heavy atom. The van der Waals surface area contributed by atoms with Crippen LogP contribution in [-0.2, 0) is 0 Å². The minimum atomic E-state index is 0.642. The van der Waals surface area contributed by atoms with Crippen LogP contribution in [0.2, 0.25) is 0 Å². The van der Waals surface area contributed by atoms with Crippen molar-refractivity contribution in [2.45, 2.75) is 0 Å². The average Bonchev–Trinajstić information content (AvgIpc) is 2.22. The Labute approximate surface area is 57.5 Å². The number of amidine groups is 1. The van der Waals surface area contributed by atoms with E-state index in [2.05, 4.69) is 11.1 Å². The molecule has 0 saturated carbocycles. The number of rotatable bonds is 0. The van der Waals surface area contributed by atoms with Gasteiger partial charge in [-0.25, -0.2) is 4.99 Å². The molecular weight excluding hydrogens is 132 g/mol. The normalized spacial score (nSPS) is 22.9. The van der Waals surface area contributed by atoms with Crippen molar-refractivity contribution in [1.82, 2.24) is 0 Å². The zero-order valence-electron chi connectivity index (χ0n) is 4.79. The third kappa shape index (κ3) is 0.685. The number of nitrogens with zero attached hydrogens (tertiary/aromatic N) is 1. The molecule has 2 aliphatic heterocycles. The van der Waals surface area contributed by atoms with Crippen molar-refractivity contribution < 1.29 is 0 Å². The molecule has 0 bridgehead atoms. The highest BCUT2D eigenvalue weighted by Crippen LogP contribution is 2.34. The largest absolute Gasteiger partial charge is 0.384 e. The van der Waals surface area contributed by atoms with Crippen LogP contribution in [0.25, 0.3) is 0 Å². The molecule has 0 spiro atoms. The standard InChI is InChI=1S/C6H6N2S/c7-6-3-5-4(8-6)1-2-9-5/h1,3H,2H2,(H2,7,8). The smallest absolute Gasteiger partial charge is 0.125 e. The Morgan fingerprint density at radius 1 is 1.67 bits per heavy atom. The lowest BCUT2D eigenvalue weighted by Crippen LogP contribution is -2.03. The summed E-state index contributed by atoms with van der Waals surface area (Å²) in [5.74, 6) is 1.70. The van der Waals surface area contributed by atoms with Gasteiger partial charge in [-0.3, -0.25) is 0 Å². The van der Waals surface area contributed by atoms with Gasteiger partial charge >= 0.3 is 0 Å². The molecule has 2 N–H and O–H groups in total. The molecule has 2 nitrogen and oxygen atoms in total. The topological polar surface area (TPSA) is 38.4 Å². The molecule has 0 aromatic rings. The molecule has 0 aromatic carbocycles. The molecule has 0 aromatic heterocycles. The fraction of sp³-hybridized carbons (Fsp3) is 0.167. The maximum atomic E-state index is 5.44. The number of aliphatic imine (C=N–C) groups is 1. The van der Waals surface area contributed by atoms with Crippen molar-refractivity contribution in [3.05, 3.63) is 22.8 Å². The van der Waals surface area contributed by atoms with E-state index in [0.29, 0.717) is 5.84 Å². The number of fused-ring (bicyclic) bond motifs is 1. The van der Waals surface area contributed by atoms with Crippen LogP contribution in [0.1, 0.15) is 0 Å². The lowest BCUT2D eigenvalue weighted by molar-refractivity contribution is 1.42. The van der Waals surface area contributed by atoms with Crippen molar-refractivity contribution in [1.29, 1.82) is 0 Å². The summed E-state index contributed by atoms with van der Waals surface area (Å²) in [7, 11) is 0. The van der Waals surface area contributed by atoms with Crippen LogP contribution in [0.4, 0.5) is 0 Å². The predicted octanol–water partition coefficient (Wildman–Crippen LogP) is 0.872. The van der Waals surface area contributed by atoms with Gasteiger partial charge in [0.15, 0.2) is 0 Å². The lowest BCUT2D eigenvalue weighted by Gasteiger charge is -1.85. The summed E-state index contributed by atoms with van der Waals surface area (Å²) in [6.45, 7) is 0. The van der Waals surface area contributed by atoms with E-state index >= 15 is 0 Å². The molecule has 0 radical (unpaired) electrons. The molecule has 0 aliphatic carbocycles. The molecule has 9 heavy (non-hydrogen) atoms. The summed E-state index contributed by atoms with van der Waals surface area (Å²) < 4.78 is 0. The van der Waals surface area contributed by atoms with Crippen molar-refractivity contribution in [3.63, 3.8) is 0 Å². The first kappa shape index (κ1) is 5.11. The second kappa shape index (κ2) is 1.64. The number of nitrogens with two attached hydrogens (primary N) is 1. The van der Waals surface area contributed by atoms with Crippen LogP contribution < -0.4 is 5.73 Å². The van der Waals surface area contributed by atoms with Gasteiger partial charge in [0.2, 0.25) is 0 Å². The molecule has 0 saturated heterocycles. The monoisotopic (exact) mass is 138 g/mol. The van der Waals surface area contributed by atoms with E-state index in [9.17, 15) is 0 Å². The maximum absolute atomic E-state index is 5.44. The third-order valence-electron chi connectivity index (χ3n) is 1.30. The Morgan fingerprint density at radius 3 is 3.33 bits per heavy atom. The minimum Gasteiger partial charge on any atom is -0.384 e. The Bertz CT molecular complexity index is 237. The van der Waals surface area contributed by atoms with Crippen LogP contribution >= 0.6 is 11.8 Å². The Balaban J connectivity index is 2.46. The molecule has 46 valence electrons. The SMILES string of the molecule is NC1=NC2=CCSC2=C1. The van der Waals surface area contributed by atoms with Gasteiger partial charge in [0, 0.05) is 10.7 Å². The molecule has 0 fully saturated rings. The van der Waals surface area contributed by atoms with Gasteiger partial charge in [-0.2, -0.15) is 0 Å². The second-order valence-electron chi connectivity index (χ2n) is 1.95. The fourth-order valence-electron chi connectivity index (χ4n) is 0.907. The number of hydrogen-bond acceptors (Lipinski definition) is 3. The predicted molar refractivity (Wildman–Crippen MR) is 40.2 cm³/mol. The summed E-state index contributed by atoms with van der Waals surface area (Å²) in [6.07, 6.45) is 4.01. The van der Waals surface area contributed by atoms with Crippen molar-refractivity contribution in [2.75, 3.05) is 5.75 Å². The first-order valence-electron chi connectivity index (χ1n) is 2.75. The van der Waals surface area contributed by atoms with Crippen LogP contribution in [0.5, 0.6) is 0 Å². The van der Waals surface area contributed by atoms with Gasteiger partial charge in [0.05, 0.1) is 5.70 Å². The van der Waals surface area contributed by atoms with E-state index in [1.807, 2.05) is 6.08 Å². The first-order chi connectivity index (χ1) is 4.36. The van der Waals surface area contributed by atoms with Crippen LogP contribution in [-0.4, -0.2) is 11.6 Å². The minimum absolute atomic E-state index is 0.642. The van der Waals surface area contributed by atoms with Gasteiger partial charge in [-0.05, 0) is 12.2 Å². The van der Waals surface area contributed by atoms with Crippen LogP contribution in [0, 0.1) is 0 Å². The second-order valence-corrected chi connectivity index (χ2v) is 3.01. The number of thioether (sulfide) groups is 1. The molecule has 2 aliphatic rings. The van der Waals surface area contributed by atoms with Gasteiger partial charge in [-0.1, -0.05) is 0 Å². The van der Waals surface area contributed by atoms with Crippen molar-refractivity contribution in [3.8, 4) is 0 Å². The zero-order valence-corrected chi connectivity index (χ0v) is 5.61. The zero-order chi connectivity index (χ0) is 6.27. The van der Waals surface area contributed by atoms with Gasteiger partial charge in [-0.15, -0.1) is 11.8 Å². The highest BCUT2D eigenvalue weighted by Gasteiger charge is 2.16. The molecule has 2 rings (SSSR count). The van der Waals surface area contributed by atoms with E-state index in [1.165, 1.54) is 4.91 Å². The van der Waals surface area contributed by atoms with Crippen molar-refractivity contribution in [2.24, 2.45) is 10.7 Å². The summed E-state index contributed by atoms with van der Waals surface area (Å²) in [4.78, 5) is 5.32. The summed E-state index contributed by atoms with van der Waals surface area (Å²) in [5.41, 5.74) is 6.51. The highest BCUT2D eigenvalue weighted by molar-refractivity contribution is 8.03. The van der Waals surface area contributed by atoms with E-state index in [-0.39, 0.29) is 0 Å². The molecular formula is C6H6N2S. The maximum Gasteiger partial charge on any atom is 0.125 e. The molecule has 0 amide bonds. The lowest BCUT2D eigenvalue weighted by atomic mass is 10.4. The third-order valence-corrected chi connectivity index (χ3v) is 2.27. The Kier molecular flexibility index (Phi) is 0.931. The quantitative estimate of drug-likeness (QED) is 0.539. The number of hydrogen-bond donors (Lipinski definition) is 1. The van der Waals surface area contributed by atoms with E-state index in [1.54, 1.807) is 11.8 Å². The molecule has 0 unspecified atom stereocenters. The van der Waals surface area contributed by atoms with Crippen LogP contribution in [0.3, 0.4) is 0 Å². The van der Waals surface area contributed by atoms with Gasteiger partial charge < -0.3 is 5.73 Å². The van der Waals surface area contributed by atoms with Gasteiger partial charge in [0.1, 0.15) is 5.84 Å².